The highest BCUT2D eigenvalue weighted by atomic mass is 79.9. The number of nitrogens with one attached hydrogen (secondary N) is 2. The Morgan fingerprint density at radius 3 is 2.85 bits per heavy atom. The van der Waals surface area contributed by atoms with Crippen LogP contribution < -0.4 is 10.6 Å². The zero-order valence-electron chi connectivity index (χ0n) is 6.90. The molecule has 0 saturated carbocycles. The van der Waals surface area contributed by atoms with Gasteiger partial charge in [-0.15, -0.1) is 0 Å². The molecule has 0 radical (unpaired) electrons. The maximum Gasteiger partial charge on any atom is 0.170 e. The topological polar surface area (TPSA) is 24.1 Å². The summed E-state index contributed by atoms with van der Waals surface area (Å²) in [4.78, 5) is 0. The molecule has 0 amide bonds. The first-order valence-electron chi connectivity index (χ1n) is 3.57. The van der Waals surface area contributed by atoms with E-state index in [0.717, 1.165) is 10.2 Å². The molecule has 0 heterocycles. The van der Waals surface area contributed by atoms with Crippen molar-refractivity contribution in [1.29, 1.82) is 0 Å². The first kappa shape index (κ1) is 10.8. The average molecular weight is 280 g/mol. The quantitative estimate of drug-likeness (QED) is 0.773. The SMILES string of the molecule is CNC(=S)Nc1cc(Cl)ccc1Br. The maximum atomic E-state index is 5.82. The Balaban J connectivity index is 2.87. The molecular weight excluding hydrogens is 272 g/mol. The van der Waals surface area contributed by atoms with Crippen molar-refractivity contribution in [2.75, 3.05) is 12.4 Å². The number of hydrogen-bond donors (Lipinski definition) is 2. The molecule has 1 rings (SSSR count). The fourth-order valence-corrected chi connectivity index (χ4v) is 1.41. The van der Waals surface area contributed by atoms with Crippen molar-refractivity contribution >= 4 is 50.5 Å². The Morgan fingerprint density at radius 1 is 1.54 bits per heavy atom. The summed E-state index contributed by atoms with van der Waals surface area (Å²) in [6.45, 7) is 0. The third kappa shape index (κ3) is 3.14. The largest absolute Gasteiger partial charge is 0.366 e. The van der Waals surface area contributed by atoms with E-state index in [0.29, 0.717) is 10.1 Å². The molecule has 0 aliphatic rings. The summed E-state index contributed by atoms with van der Waals surface area (Å²) in [6, 6.07) is 5.47. The van der Waals surface area contributed by atoms with Crippen LogP contribution in [0.15, 0.2) is 22.7 Å². The maximum absolute atomic E-state index is 5.82. The van der Waals surface area contributed by atoms with Crippen LogP contribution in [0.2, 0.25) is 5.02 Å². The molecule has 5 heteroatoms. The van der Waals surface area contributed by atoms with Gasteiger partial charge in [-0.3, -0.25) is 0 Å². The van der Waals surface area contributed by atoms with Crippen molar-refractivity contribution in [3.8, 4) is 0 Å². The second kappa shape index (κ2) is 4.79. The number of anilines is 1. The summed E-state index contributed by atoms with van der Waals surface area (Å²) in [5.74, 6) is 0. The summed E-state index contributed by atoms with van der Waals surface area (Å²) >= 11 is 14.2. The highest BCUT2D eigenvalue weighted by Crippen LogP contribution is 2.25. The van der Waals surface area contributed by atoms with Crippen LogP contribution in [0, 0.1) is 0 Å². The molecule has 2 nitrogen and oxygen atoms in total. The zero-order chi connectivity index (χ0) is 9.84. The predicted octanol–water partition coefficient (Wildman–Crippen LogP) is 3.02. The molecule has 1 aromatic rings. The third-order valence-electron chi connectivity index (χ3n) is 1.40. The van der Waals surface area contributed by atoms with E-state index in [1.54, 1.807) is 19.2 Å². The Labute approximate surface area is 95.8 Å². The van der Waals surface area contributed by atoms with Gasteiger partial charge in [-0.05, 0) is 46.3 Å². The smallest absolute Gasteiger partial charge is 0.170 e. The van der Waals surface area contributed by atoms with Gasteiger partial charge in [0, 0.05) is 16.5 Å². The van der Waals surface area contributed by atoms with E-state index in [1.807, 2.05) is 6.07 Å². The van der Waals surface area contributed by atoms with Gasteiger partial charge in [0.2, 0.25) is 0 Å². The predicted molar refractivity (Wildman–Crippen MR) is 64.4 cm³/mol. The van der Waals surface area contributed by atoms with E-state index in [1.165, 1.54) is 0 Å². The molecular formula is C8H8BrClN2S. The Bertz CT molecular complexity index is 330. The lowest BCUT2D eigenvalue weighted by atomic mass is 10.3. The molecule has 0 fully saturated rings. The summed E-state index contributed by atoms with van der Waals surface area (Å²) in [7, 11) is 1.76. The summed E-state index contributed by atoms with van der Waals surface area (Å²) in [5, 5.41) is 7.04. The summed E-state index contributed by atoms with van der Waals surface area (Å²) in [6.07, 6.45) is 0. The van der Waals surface area contributed by atoms with E-state index < -0.39 is 0 Å². The van der Waals surface area contributed by atoms with Crippen molar-refractivity contribution < 1.29 is 0 Å². The average Bonchev–Trinajstić information content (AvgIpc) is 2.11. The molecule has 0 aromatic heterocycles. The number of rotatable bonds is 1. The van der Waals surface area contributed by atoms with Gasteiger partial charge in [0.05, 0.1) is 5.69 Å². The molecule has 0 atom stereocenters. The number of hydrogen-bond acceptors (Lipinski definition) is 1. The lowest BCUT2D eigenvalue weighted by Gasteiger charge is -2.08. The highest BCUT2D eigenvalue weighted by molar-refractivity contribution is 9.10. The van der Waals surface area contributed by atoms with Crippen LogP contribution >= 0.6 is 39.7 Å². The van der Waals surface area contributed by atoms with Gasteiger partial charge in [0.15, 0.2) is 5.11 Å². The number of halogens is 2. The Kier molecular flexibility index (Phi) is 3.96. The normalized spacial score (nSPS) is 9.46. The van der Waals surface area contributed by atoms with E-state index in [9.17, 15) is 0 Å². The van der Waals surface area contributed by atoms with Crippen LogP contribution in [-0.4, -0.2) is 12.2 Å². The lowest BCUT2D eigenvalue weighted by molar-refractivity contribution is 1.20. The number of benzene rings is 1. The lowest BCUT2D eigenvalue weighted by Crippen LogP contribution is -2.24. The first-order chi connectivity index (χ1) is 6.13. The van der Waals surface area contributed by atoms with Crippen molar-refractivity contribution in [2.45, 2.75) is 0 Å². The molecule has 0 aliphatic carbocycles. The molecule has 1 aromatic carbocycles. The van der Waals surface area contributed by atoms with Crippen LogP contribution in [0.3, 0.4) is 0 Å². The van der Waals surface area contributed by atoms with Crippen molar-refractivity contribution in [1.82, 2.24) is 5.32 Å². The number of thiocarbonyl (C=S) groups is 1. The summed E-state index contributed by atoms with van der Waals surface area (Å²) < 4.78 is 0.925. The molecule has 0 spiro atoms. The minimum Gasteiger partial charge on any atom is -0.366 e. The third-order valence-corrected chi connectivity index (χ3v) is 2.64. The second-order valence-electron chi connectivity index (χ2n) is 2.33. The monoisotopic (exact) mass is 278 g/mol. The van der Waals surface area contributed by atoms with E-state index in [4.69, 9.17) is 23.8 Å². The molecule has 0 aliphatic heterocycles. The molecule has 0 bridgehead atoms. The fraction of sp³-hybridized carbons (Fsp3) is 0.125. The Hall–Kier alpha value is -0.320. The van der Waals surface area contributed by atoms with E-state index in [2.05, 4.69) is 26.6 Å². The minimum atomic E-state index is 0.558. The first-order valence-corrected chi connectivity index (χ1v) is 5.15. The van der Waals surface area contributed by atoms with E-state index in [-0.39, 0.29) is 0 Å². The van der Waals surface area contributed by atoms with Gasteiger partial charge in [-0.2, -0.15) is 0 Å². The zero-order valence-corrected chi connectivity index (χ0v) is 10.1. The summed E-state index contributed by atoms with van der Waals surface area (Å²) in [5.41, 5.74) is 0.854. The van der Waals surface area contributed by atoms with Gasteiger partial charge in [0.25, 0.3) is 0 Å². The minimum absolute atomic E-state index is 0.558. The molecule has 70 valence electrons. The van der Waals surface area contributed by atoms with Gasteiger partial charge in [0.1, 0.15) is 0 Å². The van der Waals surface area contributed by atoms with Crippen LogP contribution in [0.5, 0.6) is 0 Å². The molecule has 13 heavy (non-hydrogen) atoms. The van der Waals surface area contributed by atoms with Crippen LogP contribution in [0.25, 0.3) is 0 Å². The van der Waals surface area contributed by atoms with Gasteiger partial charge in [-0.1, -0.05) is 11.6 Å². The highest BCUT2D eigenvalue weighted by Gasteiger charge is 2.01. The Morgan fingerprint density at radius 2 is 2.23 bits per heavy atom. The van der Waals surface area contributed by atoms with Gasteiger partial charge >= 0.3 is 0 Å². The van der Waals surface area contributed by atoms with Crippen molar-refractivity contribution in [2.24, 2.45) is 0 Å². The second-order valence-corrected chi connectivity index (χ2v) is 4.03. The standard InChI is InChI=1S/C8H8BrClN2S/c1-11-8(13)12-7-4-5(10)2-3-6(7)9/h2-4H,1H3,(H2,11,12,13). The fourth-order valence-electron chi connectivity index (χ4n) is 0.778. The molecule has 2 N–H and O–H groups in total. The van der Waals surface area contributed by atoms with Gasteiger partial charge < -0.3 is 10.6 Å². The van der Waals surface area contributed by atoms with Gasteiger partial charge in [-0.25, -0.2) is 0 Å². The van der Waals surface area contributed by atoms with Crippen LogP contribution in [0.1, 0.15) is 0 Å². The van der Waals surface area contributed by atoms with Crippen molar-refractivity contribution in [3.63, 3.8) is 0 Å². The molecule has 0 saturated heterocycles. The van der Waals surface area contributed by atoms with Crippen LogP contribution in [0.4, 0.5) is 5.69 Å². The van der Waals surface area contributed by atoms with E-state index >= 15 is 0 Å². The molecule has 0 unspecified atom stereocenters. The van der Waals surface area contributed by atoms with Crippen molar-refractivity contribution in [3.05, 3.63) is 27.7 Å². The van der Waals surface area contributed by atoms with Crippen LogP contribution in [-0.2, 0) is 0 Å².